The summed E-state index contributed by atoms with van der Waals surface area (Å²) in [6.45, 7) is 2.86. The lowest BCUT2D eigenvalue weighted by Gasteiger charge is -2.08. The highest BCUT2D eigenvalue weighted by atomic mass is 79.9. The average Bonchev–Trinajstić information content (AvgIpc) is 2.90. The molecular formula is C20H21BrN2O2. The maximum absolute atomic E-state index is 13.1. The van der Waals surface area contributed by atoms with Crippen LogP contribution in [0.3, 0.4) is 0 Å². The SMILES string of the molecule is CNCCc1c(C)n(C(=O)c2ccc(Br)cc2)c2ccc(OC)cc12. The van der Waals surface area contributed by atoms with Crippen molar-refractivity contribution in [2.75, 3.05) is 20.7 Å². The van der Waals surface area contributed by atoms with Gasteiger partial charge in [-0.3, -0.25) is 9.36 Å². The molecule has 0 aliphatic heterocycles. The standard InChI is InChI=1S/C20H21BrN2O2/c1-13-17(10-11-22-2)18-12-16(25-3)8-9-19(18)23(13)20(24)14-4-6-15(21)7-5-14/h4-9,12,22H,10-11H2,1-3H3. The number of nitrogens with one attached hydrogen (secondary N) is 1. The zero-order valence-electron chi connectivity index (χ0n) is 14.6. The fourth-order valence-electron chi connectivity index (χ4n) is 3.14. The number of halogens is 1. The number of nitrogens with zero attached hydrogens (tertiary/aromatic N) is 1. The van der Waals surface area contributed by atoms with Gasteiger partial charge in [0.25, 0.3) is 5.91 Å². The zero-order chi connectivity index (χ0) is 18.0. The molecule has 1 N–H and O–H groups in total. The van der Waals surface area contributed by atoms with E-state index < -0.39 is 0 Å². The summed E-state index contributed by atoms with van der Waals surface area (Å²) in [6, 6.07) is 13.3. The van der Waals surface area contributed by atoms with Gasteiger partial charge in [-0.05, 0) is 75.0 Å². The van der Waals surface area contributed by atoms with Gasteiger partial charge in [0, 0.05) is 21.1 Å². The van der Waals surface area contributed by atoms with Gasteiger partial charge in [0.15, 0.2) is 0 Å². The van der Waals surface area contributed by atoms with Crippen LogP contribution in [0.15, 0.2) is 46.9 Å². The van der Waals surface area contributed by atoms with E-state index in [-0.39, 0.29) is 5.91 Å². The van der Waals surface area contributed by atoms with Crippen molar-refractivity contribution in [3.05, 3.63) is 63.8 Å². The molecule has 0 amide bonds. The summed E-state index contributed by atoms with van der Waals surface area (Å²) < 4.78 is 8.14. The first-order valence-electron chi connectivity index (χ1n) is 8.19. The van der Waals surface area contributed by atoms with Gasteiger partial charge in [-0.1, -0.05) is 15.9 Å². The van der Waals surface area contributed by atoms with Crippen molar-refractivity contribution in [1.82, 2.24) is 9.88 Å². The quantitative estimate of drug-likeness (QED) is 0.698. The van der Waals surface area contributed by atoms with E-state index in [0.717, 1.165) is 39.8 Å². The lowest BCUT2D eigenvalue weighted by molar-refractivity contribution is 0.0963. The second-order valence-corrected chi connectivity index (χ2v) is 6.86. The first-order valence-corrected chi connectivity index (χ1v) is 8.99. The predicted molar refractivity (Wildman–Crippen MR) is 105 cm³/mol. The molecule has 0 atom stereocenters. The molecule has 0 fully saturated rings. The molecule has 0 unspecified atom stereocenters. The molecule has 2 aromatic carbocycles. The Balaban J connectivity index is 2.18. The summed E-state index contributed by atoms with van der Waals surface area (Å²) in [7, 11) is 3.59. The Morgan fingerprint density at radius 2 is 1.92 bits per heavy atom. The van der Waals surface area contributed by atoms with Gasteiger partial charge in [-0.25, -0.2) is 0 Å². The molecule has 1 aromatic heterocycles. The second-order valence-electron chi connectivity index (χ2n) is 5.95. The minimum atomic E-state index is -0.0177. The molecule has 0 aliphatic rings. The maximum atomic E-state index is 13.1. The molecule has 0 aliphatic carbocycles. The number of likely N-dealkylation sites (N-methyl/N-ethyl adjacent to an activating group) is 1. The minimum absolute atomic E-state index is 0.0177. The summed E-state index contributed by atoms with van der Waals surface area (Å²) in [4.78, 5) is 13.1. The predicted octanol–water partition coefficient (Wildman–Crippen LogP) is 4.17. The van der Waals surface area contributed by atoms with Gasteiger partial charge in [-0.2, -0.15) is 0 Å². The highest BCUT2D eigenvalue weighted by Gasteiger charge is 2.20. The second kappa shape index (κ2) is 7.42. The third-order valence-corrected chi connectivity index (χ3v) is 4.99. The van der Waals surface area contributed by atoms with E-state index in [1.54, 1.807) is 7.11 Å². The van der Waals surface area contributed by atoms with Crippen LogP contribution in [-0.2, 0) is 6.42 Å². The zero-order valence-corrected chi connectivity index (χ0v) is 16.2. The van der Waals surface area contributed by atoms with Crippen molar-refractivity contribution < 1.29 is 9.53 Å². The normalized spacial score (nSPS) is 11.0. The molecule has 3 rings (SSSR count). The number of aromatic nitrogens is 1. The van der Waals surface area contributed by atoms with Crippen LogP contribution in [0.1, 0.15) is 21.6 Å². The van der Waals surface area contributed by atoms with E-state index in [4.69, 9.17) is 4.74 Å². The molecule has 4 nitrogen and oxygen atoms in total. The van der Waals surface area contributed by atoms with Crippen LogP contribution in [0.5, 0.6) is 5.75 Å². The third kappa shape index (κ3) is 3.34. The number of fused-ring (bicyclic) bond motifs is 1. The Morgan fingerprint density at radius 3 is 2.56 bits per heavy atom. The van der Waals surface area contributed by atoms with Gasteiger partial charge >= 0.3 is 0 Å². The van der Waals surface area contributed by atoms with Gasteiger partial charge in [0.2, 0.25) is 0 Å². The Morgan fingerprint density at radius 1 is 1.20 bits per heavy atom. The van der Waals surface area contributed by atoms with Gasteiger partial charge in [-0.15, -0.1) is 0 Å². The number of hydrogen-bond acceptors (Lipinski definition) is 3. The van der Waals surface area contributed by atoms with E-state index >= 15 is 0 Å². The van der Waals surface area contributed by atoms with Crippen LogP contribution in [0.25, 0.3) is 10.9 Å². The first kappa shape index (κ1) is 17.7. The van der Waals surface area contributed by atoms with Gasteiger partial charge < -0.3 is 10.1 Å². The lowest BCUT2D eigenvalue weighted by Crippen LogP contribution is -2.15. The van der Waals surface area contributed by atoms with Gasteiger partial charge in [0.1, 0.15) is 5.75 Å². The van der Waals surface area contributed by atoms with Crippen LogP contribution < -0.4 is 10.1 Å². The van der Waals surface area contributed by atoms with Crippen molar-refractivity contribution in [3.63, 3.8) is 0 Å². The van der Waals surface area contributed by atoms with Crippen molar-refractivity contribution >= 4 is 32.7 Å². The molecule has 25 heavy (non-hydrogen) atoms. The molecule has 0 bridgehead atoms. The molecule has 0 saturated heterocycles. The number of rotatable bonds is 5. The fraction of sp³-hybridized carbons (Fsp3) is 0.250. The number of benzene rings is 2. The Hall–Kier alpha value is -2.11. The number of hydrogen-bond donors (Lipinski definition) is 1. The summed E-state index contributed by atoms with van der Waals surface area (Å²) in [5.41, 5.74) is 3.73. The number of ether oxygens (including phenoxy) is 1. The third-order valence-electron chi connectivity index (χ3n) is 4.46. The molecule has 0 radical (unpaired) electrons. The van der Waals surface area contributed by atoms with E-state index in [1.807, 2.05) is 61.0 Å². The molecule has 0 spiro atoms. The average molecular weight is 401 g/mol. The largest absolute Gasteiger partial charge is 0.497 e. The highest BCUT2D eigenvalue weighted by molar-refractivity contribution is 9.10. The first-order chi connectivity index (χ1) is 12.1. The smallest absolute Gasteiger partial charge is 0.262 e. The molecule has 1 heterocycles. The van der Waals surface area contributed by atoms with Crippen LogP contribution in [-0.4, -0.2) is 31.2 Å². The van der Waals surface area contributed by atoms with E-state index in [1.165, 1.54) is 5.56 Å². The van der Waals surface area contributed by atoms with Crippen LogP contribution in [0, 0.1) is 6.92 Å². The number of methoxy groups -OCH3 is 1. The van der Waals surface area contributed by atoms with E-state index in [9.17, 15) is 4.79 Å². The van der Waals surface area contributed by atoms with Crippen molar-refractivity contribution in [1.29, 1.82) is 0 Å². The Labute approximate surface area is 155 Å². The van der Waals surface area contributed by atoms with E-state index in [0.29, 0.717) is 5.56 Å². The van der Waals surface area contributed by atoms with Crippen molar-refractivity contribution in [3.8, 4) is 5.75 Å². The Bertz CT molecular complexity index is 914. The van der Waals surface area contributed by atoms with Crippen molar-refractivity contribution in [2.24, 2.45) is 0 Å². The van der Waals surface area contributed by atoms with Crippen LogP contribution >= 0.6 is 15.9 Å². The fourth-order valence-corrected chi connectivity index (χ4v) is 3.40. The molecule has 130 valence electrons. The summed E-state index contributed by atoms with van der Waals surface area (Å²) in [5, 5.41) is 4.25. The molecule has 3 aromatic rings. The minimum Gasteiger partial charge on any atom is -0.497 e. The number of carbonyl (C=O) groups excluding carboxylic acids is 1. The van der Waals surface area contributed by atoms with Crippen LogP contribution in [0.4, 0.5) is 0 Å². The van der Waals surface area contributed by atoms with Crippen molar-refractivity contribution in [2.45, 2.75) is 13.3 Å². The summed E-state index contributed by atoms with van der Waals surface area (Å²) in [5.74, 6) is 0.780. The maximum Gasteiger partial charge on any atom is 0.262 e. The highest BCUT2D eigenvalue weighted by Crippen LogP contribution is 2.30. The monoisotopic (exact) mass is 400 g/mol. The molecular weight excluding hydrogens is 380 g/mol. The number of carbonyl (C=O) groups is 1. The van der Waals surface area contributed by atoms with Gasteiger partial charge in [0.05, 0.1) is 12.6 Å². The lowest BCUT2D eigenvalue weighted by atomic mass is 10.1. The summed E-state index contributed by atoms with van der Waals surface area (Å²) >= 11 is 3.41. The Kier molecular flexibility index (Phi) is 5.25. The summed E-state index contributed by atoms with van der Waals surface area (Å²) in [6.07, 6.45) is 0.854. The van der Waals surface area contributed by atoms with E-state index in [2.05, 4.69) is 21.2 Å². The molecule has 0 saturated carbocycles. The molecule has 5 heteroatoms. The topological polar surface area (TPSA) is 43.3 Å². The van der Waals surface area contributed by atoms with Crippen LogP contribution in [0.2, 0.25) is 0 Å².